The molecule has 0 spiro atoms. The third-order valence-electron chi connectivity index (χ3n) is 2.68. The lowest BCUT2D eigenvalue weighted by molar-refractivity contribution is 0.388. The zero-order valence-electron chi connectivity index (χ0n) is 10.2. The van der Waals surface area contributed by atoms with Crippen LogP contribution in [0.3, 0.4) is 0 Å². The van der Waals surface area contributed by atoms with Crippen LogP contribution >= 0.6 is 15.9 Å². The van der Waals surface area contributed by atoms with Crippen molar-refractivity contribution in [2.24, 2.45) is 0 Å². The van der Waals surface area contributed by atoms with E-state index >= 15 is 0 Å². The highest BCUT2D eigenvalue weighted by Gasteiger charge is 2.05. The summed E-state index contributed by atoms with van der Waals surface area (Å²) in [6.07, 6.45) is 1.78. The number of nitrogens with zero attached hydrogens (tertiary/aromatic N) is 3. The Morgan fingerprint density at radius 1 is 1.37 bits per heavy atom. The van der Waals surface area contributed by atoms with Crippen LogP contribution in [-0.2, 0) is 6.54 Å². The van der Waals surface area contributed by atoms with Gasteiger partial charge >= 0.3 is 0 Å². The molecule has 0 fully saturated rings. The number of nitrogens with one attached hydrogen (secondary N) is 1. The number of benzene rings is 1. The number of halogens is 1. The first-order chi connectivity index (χ1) is 9.22. The number of aromatic nitrogens is 3. The molecule has 0 saturated heterocycles. The third-order valence-corrected chi connectivity index (χ3v) is 3.12. The Bertz CT molecular complexity index is 725. The van der Waals surface area contributed by atoms with Crippen molar-refractivity contribution in [3.63, 3.8) is 0 Å². The molecule has 0 atom stereocenters. The Balaban J connectivity index is 1.88. The molecule has 1 N–H and O–H groups in total. The van der Waals surface area contributed by atoms with E-state index in [4.69, 9.17) is 4.52 Å². The SMILES string of the molecule is Cc1nc(CNc2cccc3cc(Br)cnc23)no1. The summed E-state index contributed by atoms with van der Waals surface area (Å²) in [6.45, 7) is 2.28. The molecule has 0 amide bonds. The van der Waals surface area contributed by atoms with Gasteiger partial charge in [-0.3, -0.25) is 4.98 Å². The minimum atomic E-state index is 0.508. The van der Waals surface area contributed by atoms with Gasteiger partial charge in [-0.2, -0.15) is 4.98 Å². The van der Waals surface area contributed by atoms with E-state index in [1.54, 1.807) is 13.1 Å². The van der Waals surface area contributed by atoms with Crippen molar-refractivity contribution in [2.75, 3.05) is 5.32 Å². The maximum absolute atomic E-state index is 4.93. The van der Waals surface area contributed by atoms with Gasteiger partial charge in [0.05, 0.1) is 17.7 Å². The van der Waals surface area contributed by atoms with E-state index in [9.17, 15) is 0 Å². The summed E-state index contributed by atoms with van der Waals surface area (Å²) in [5.74, 6) is 1.20. The normalized spacial score (nSPS) is 10.8. The highest BCUT2D eigenvalue weighted by molar-refractivity contribution is 9.10. The summed E-state index contributed by atoms with van der Waals surface area (Å²) in [7, 11) is 0. The second-order valence-electron chi connectivity index (χ2n) is 4.11. The average molecular weight is 319 g/mol. The number of hydrogen-bond acceptors (Lipinski definition) is 5. The highest BCUT2D eigenvalue weighted by atomic mass is 79.9. The van der Waals surface area contributed by atoms with Gasteiger partial charge in [0.2, 0.25) is 5.89 Å². The maximum atomic E-state index is 4.93. The summed E-state index contributed by atoms with van der Waals surface area (Å²) in [5.41, 5.74) is 1.87. The number of fused-ring (bicyclic) bond motifs is 1. The van der Waals surface area contributed by atoms with Gasteiger partial charge in [0.1, 0.15) is 0 Å². The molecular weight excluding hydrogens is 308 g/mol. The largest absolute Gasteiger partial charge is 0.376 e. The molecule has 19 heavy (non-hydrogen) atoms. The molecule has 0 aliphatic rings. The van der Waals surface area contributed by atoms with E-state index in [1.165, 1.54) is 0 Å². The van der Waals surface area contributed by atoms with Crippen LogP contribution in [-0.4, -0.2) is 15.1 Å². The molecule has 2 heterocycles. The van der Waals surface area contributed by atoms with Crippen molar-refractivity contribution < 1.29 is 4.52 Å². The summed E-state index contributed by atoms with van der Waals surface area (Å²) in [5, 5.41) is 8.20. The molecule has 6 heteroatoms. The monoisotopic (exact) mass is 318 g/mol. The molecule has 96 valence electrons. The first-order valence-electron chi connectivity index (χ1n) is 5.80. The van der Waals surface area contributed by atoms with E-state index in [1.807, 2.05) is 24.3 Å². The highest BCUT2D eigenvalue weighted by Crippen LogP contribution is 2.24. The molecule has 0 bridgehead atoms. The molecule has 2 aromatic heterocycles. The van der Waals surface area contributed by atoms with E-state index in [0.717, 1.165) is 21.1 Å². The predicted octanol–water partition coefficient (Wildman–Crippen LogP) is 3.30. The van der Waals surface area contributed by atoms with Crippen LogP contribution in [0.25, 0.3) is 10.9 Å². The van der Waals surface area contributed by atoms with Crippen molar-refractivity contribution >= 4 is 32.5 Å². The zero-order valence-corrected chi connectivity index (χ0v) is 11.8. The van der Waals surface area contributed by atoms with Crippen LogP contribution in [0.1, 0.15) is 11.7 Å². The summed E-state index contributed by atoms with van der Waals surface area (Å²) in [4.78, 5) is 8.58. The van der Waals surface area contributed by atoms with Crippen LogP contribution < -0.4 is 5.32 Å². The first-order valence-corrected chi connectivity index (χ1v) is 6.59. The lowest BCUT2D eigenvalue weighted by atomic mass is 10.2. The van der Waals surface area contributed by atoms with Gasteiger partial charge in [-0.1, -0.05) is 17.3 Å². The Labute approximate surface area is 118 Å². The van der Waals surface area contributed by atoms with Crippen molar-refractivity contribution in [2.45, 2.75) is 13.5 Å². The smallest absolute Gasteiger partial charge is 0.223 e. The molecule has 0 radical (unpaired) electrons. The quantitative estimate of drug-likeness (QED) is 0.802. The molecule has 1 aromatic carbocycles. The predicted molar refractivity (Wildman–Crippen MR) is 75.8 cm³/mol. The van der Waals surface area contributed by atoms with Gasteiger partial charge in [0, 0.05) is 23.0 Å². The number of aryl methyl sites for hydroxylation is 1. The molecular formula is C13H11BrN4O. The number of anilines is 1. The van der Waals surface area contributed by atoms with Crippen LogP contribution in [0.2, 0.25) is 0 Å². The van der Waals surface area contributed by atoms with E-state index < -0.39 is 0 Å². The van der Waals surface area contributed by atoms with Crippen molar-refractivity contribution in [3.8, 4) is 0 Å². The van der Waals surface area contributed by atoms with Crippen LogP contribution in [0, 0.1) is 6.92 Å². The van der Waals surface area contributed by atoms with Gasteiger partial charge in [-0.05, 0) is 28.1 Å². The molecule has 0 aliphatic carbocycles. The summed E-state index contributed by atoms with van der Waals surface area (Å²) >= 11 is 3.42. The maximum Gasteiger partial charge on any atom is 0.223 e. The van der Waals surface area contributed by atoms with Gasteiger partial charge in [0.25, 0.3) is 0 Å². The van der Waals surface area contributed by atoms with E-state index in [2.05, 4.69) is 36.4 Å². The van der Waals surface area contributed by atoms with Gasteiger partial charge in [-0.15, -0.1) is 0 Å². The minimum absolute atomic E-state index is 0.508. The Hall–Kier alpha value is -1.95. The van der Waals surface area contributed by atoms with Crippen molar-refractivity contribution in [1.29, 1.82) is 0 Å². The van der Waals surface area contributed by atoms with Crippen LogP contribution in [0.15, 0.2) is 39.5 Å². The fourth-order valence-electron chi connectivity index (χ4n) is 1.86. The lowest BCUT2D eigenvalue weighted by Gasteiger charge is -2.07. The zero-order chi connectivity index (χ0) is 13.2. The topological polar surface area (TPSA) is 63.8 Å². The first kappa shape index (κ1) is 12.1. The van der Waals surface area contributed by atoms with Crippen LogP contribution in [0.5, 0.6) is 0 Å². The molecule has 0 aliphatic heterocycles. The van der Waals surface area contributed by atoms with E-state index in [0.29, 0.717) is 18.3 Å². The third kappa shape index (κ3) is 2.58. The van der Waals surface area contributed by atoms with Gasteiger partial charge < -0.3 is 9.84 Å². The Morgan fingerprint density at radius 2 is 2.26 bits per heavy atom. The van der Waals surface area contributed by atoms with Crippen LogP contribution in [0.4, 0.5) is 5.69 Å². The molecule has 3 rings (SSSR count). The summed E-state index contributed by atoms with van der Waals surface area (Å²) in [6, 6.07) is 8.03. The van der Waals surface area contributed by atoms with Crippen molar-refractivity contribution in [1.82, 2.24) is 15.1 Å². The second kappa shape index (κ2) is 4.97. The van der Waals surface area contributed by atoms with Crippen molar-refractivity contribution in [3.05, 3.63) is 46.7 Å². The van der Waals surface area contributed by atoms with Gasteiger partial charge in [-0.25, -0.2) is 0 Å². The number of pyridine rings is 1. The fourth-order valence-corrected chi connectivity index (χ4v) is 2.21. The lowest BCUT2D eigenvalue weighted by Crippen LogP contribution is -2.02. The Kier molecular flexibility index (Phi) is 3.16. The standard InChI is InChI=1S/C13H11BrN4O/c1-8-17-12(18-19-8)7-15-11-4-2-3-9-5-10(14)6-16-13(9)11/h2-6,15H,7H2,1H3. The average Bonchev–Trinajstić information content (AvgIpc) is 2.81. The second-order valence-corrected chi connectivity index (χ2v) is 5.03. The minimum Gasteiger partial charge on any atom is -0.376 e. The number of rotatable bonds is 3. The number of hydrogen-bond donors (Lipinski definition) is 1. The molecule has 0 saturated carbocycles. The van der Waals surface area contributed by atoms with E-state index in [-0.39, 0.29) is 0 Å². The molecule has 3 aromatic rings. The summed E-state index contributed by atoms with van der Waals surface area (Å²) < 4.78 is 5.90. The molecule has 5 nitrogen and oxygen atoms in total. The fraction of sp³-hybridized carbons (Fsp3) is 0.154. The van der Waals surface area contributed by atoms with Gasteiger partial charge in [0.15, 0.2) is 5.82 Å². The Morgan fingerprint density at radius 3 is 3.05 bits per heavy atom. The number of para-hydroxylation sites is 1. The molecule has 0 unspecified atom stereocenters.